The molecule has 1 aliphatic carbocycles. The summed E-state index contributed by atoms with van der Waals surface area (Å²) in [4.78, 5) is 27.7. The lowest BCUT2D eigenvalue weighted by Gasteiger charge is -2.23. The van der Waals surface area contributed by atoms with E-state index in [1.807, 2.05) is 0 Å². The number of rotatable bonds is 5. The molecule has 1 saturated carbocycles. The maximum Gasteiger partial charge on any atom is 0.323 e. The number of carboxylic acids is 1. The molecule has 0 saturated heterocycles. The van der Waals surface area contributed by atoms with Gasteiger partial charge in [-0.05, 0) is 68.1 Å². The SMILES string of the molecule is O=C(Nc1ccc(-c2noc([C@H]3CC[C@H](C(=O)O)CC3)n2)cc1)Nc1cccc(Cl)c1. The van der Waals surface area contributed by atoms with E-state index in [2.05, 4.69) is 20.8 Å². The van der Waals surface area contributed by atoms with Gasteiger partial charge in [-0.15, -0.1) is 0 Å². The van der Waals surface area contributed by atoms with Crippen molar-refractivity contribution < 1.29 is 19.2 Å². The second-order valence-corrected chi connectivity index (χ2v) is 7.95. The highest BCUT2D eigenvalue weighted by atomic mass is 35.5. The van der Waals surface area contributed by atoms with Gasteiger partial charge in [-0.25, -0.2) is 4.79 Å². The first-order chi connectivity index (χ1) is 15.0. The first-order valence-corrected chi connectivity index (χ1v) is 10.4. The van der Waals surface area contributed by atoms with E-state index < -0.39 is 5.97 Å². The average molecular weight is 441 g/mol. The number of hydrogen-bond acceptors (Lipinski definition) is 5. The molecule has 2 amide bonds. The van der Waals surface area contributed by atoms with Crippen molar-refractivity contribution >= 4 is 35.0 Å². The minimum absolute atomic E-state index is 0.0907. The molecule has 0 atom stereocenters. The Hall–Kier alpha value is -3.39. The third-order valence-corrected chi connectivity index (χ3v) is 5.59. The summed E-state index contributed by atoms with van der Waals surface area (Å²) in [6, 6.07) is 13.6. The molecule has 1 aliphatic rings. The van der Waals surface area contributed by atoms with Gasteiger partial charge in [0.15, 0.2) is 0 Å². The number of aromatic nitrogens is 2. The zero-order chi connectivity index (χ0) is 21.8. The van der Waals surface area contributed by atoms with Gasteiger partial charge in [0, 0.05) is 27.9 Å². The number of anilines is 2. The summed E-state index contributed by atoms with van der Waals surface area (Å²) in [6.07, 6.45) is 2.69. The molecular formula is C22H21ClN4O4. The van der Waals surface area contributed by atoms with Gasteiger partial charge in [0.25, 0.3) is 0 Å². The van der Waals surface area contributed by atoms with Crippen LogP contribution in [0, 0.1) is 5.92 Å². The van der Waals surface area contributed by atoms with Gasteiger partial charge in [-0.1, -0.05) is 22.8 Å². The minimum Gasteiger partial charge on any atom is -0.481 e. The Morgan fingerprint density at radius 2 is 1.71 bits per heavy atom. The van der Waals surface area contributed by atoms with Crippen LogP contribution < -0.4 is 10.6 Å². The fourth-order valence-corrected chi connectivity index (χ4v) is 3.86. The highest BCUT2D eigenvalue weighted by molar-refractivity contribution is 6.30. The number of benzene rings is 2. The molecule has 1 fully saturated rings. The van der Waals surface area contributed by atoms with Gasteiger partial charge in [0.1, 0.15) is 0 Å². The predicted octanol–water partition coefficient (Wildman–Crippen LogP) is 5.39. The monoisotopic (exact) mass is 440 g/mol. The van der Waals surface area contributed by atoms with Gasteiger partial charge in [0.2, 0.25) is 11.7 Å². The van der Waals surface area contributed by atoms with Gasteiger partial charge in [-0.2, -0.15) is 4.98 Å². The van der Waals surface area contributed by atoms with Crippen LogP contribution in [0.15, 0.2) is 53.1 Å². The van der Waals surface area contributed by atoms with Crippen molar-refractivity contribution in [3.8, 4) is 11.4 Å². The first-order valence-electron chi connectivity index (χ1n) is 9.98. The predicted molar refractivity (Wildman–Crippen MR) is 116 cm³/mol. The van der Waals surface area contributed by atoms with Crippen LogP contribution >= 0.6 is 11.6 Å². The molecular weight excluding hydrogens is 420 g/mol. The number of hydrogen-bond donors (Lipinski definition) is 3. The minimum atomic E-state index is -0.736. The fraction of sp³-hybridized carbons (Fsp3) is 0.273. The Kier molecular flexibility index (Phi) is 6.18. The molecule has 3 N–H and O–H groups in total. The van der Waals surface area contributed by atoms with Crippen molar-refractivity contribution in [3.05, 3.63) is 59.4 Å². The van der Waals surface area contributed by atoms with Crippen molar-refractivity contribution in [2.75, 3.05) is 10.6 Å². The van der Waals surface area contributed by atoms with E-state index in [0.29, 0.717) is 41.0 Å². The normalized spacial score (nSPS) is 18.4. The van der Waals surface area contributed by atoms with E-state index in [9.17, 15) is 9.59 Å². The quantitative estimate of drug-likeness (QED) is 0.489. The maximum absolute atomic E-state index is 12.1. The number of urea groups is 1. The van der Waals surface area contributed by atoms with Crippen molar-refractivity contribution in [2.45, 2.75) is 31.6 Å². The zero-order valence-electron chi connectivity index (χ0n) is 16.5. The highest BCUT2D eigenvalue weighted by Crippen LogP contribution is 2.35. The van der Waals surface area contributed by atoms with Crippen LogP contribution in [0.1, 0.15) is 37.5 Å². The number of aliphatic carboxylic acids is 1. The summed E-state index contributed by atoms with van der Waals surface area (Å²) in [6.45, 7) is 0. The Labute approximate surface area is 183 Å². The van der Waals surface area contributed by atoms with Crippen molar-refractivity contribution in [2.24, 2.45) is 5.92 Å². The van der Waals surface area contributed by atoms with Gasteiger partial charge in [-0.3, -0.25) is 4.79 Å². The van der Waals surface area contributed by atoms with E-state index >= 15 is 0 Å². The summed E-state index contributed by atoms with van der Waals surface area (Å²) in [7, 11) is 0. The number of amides is 2. The van der Waals surface area contributed by atoms with E-state index in [0.717, 1.165) is 18.4 Å². The first kappa shape index (κ1) is 20.9. The van der Waals surface area contributed by atoms with Crippen LogP contribution in [0.5, 0.6) is 0 Å². The Morgan fingerprint density at radius 3 is 2.39 bits per heavy atom. The molecule has 1 aromatic heterocycles. The highest BCUT2D eigenvalue weighted by Gasteiger charge is 2.29. The lowest BCUT2D eigenvalue weighted by molar-refractivity contribution is -0.142. The molecule has 0 radical (unpaired) electrons. The van der Waals surface area contributed by atoms with Crippen LogP contribution in [-0.2, 0) is 4.79 Å². The van der Waals surface area contributed by atoms with Gasteiger partial charge < -0.3 is 20.3 Å². The molecule has 8 nitrogen and oxygen atoms in total. The lowest BCUT2D eigenvalue weighted by Crippen LogP contribution is -2.20. The molecule has 0 spiro atoms. The average Bonchev–Trinajstić information content (AvgIpc) is 3.24. The van der Waals surface area contributed by atoms with Gasteiger partial charge in [0.05, 0.1) is 5.92 Å². The molecule has 0 unspecified atom stereocenters. The third-order valence-electron chi connectivity index (χ3n) is 5.35. The molecule has 0 aliphatic heterocycles. The number of halogens is 1. The van der Waals surface area contributed by atoms with Crippen LogP contribution in [0.2, 0.25) is 5.02 Å². The molecule has 3 aromatic rings. The summed E-state index contributed by atoms with van der Waals surface area (Å²) < 4.78 is 5.43. The Balaban J connectivity index is 1.35. The van der Waals surface area contributed by atoms with Crippen LogP contribution in [0.25, 0.3) is 11.4 Å². The summed E-state index contributed by atoms with van der Waals surface area (Å²) in [5.74, 6) is 0.0783. The summed E-state index contributed by atoms with van der Waals surface area (Å²) in [5, 5.41) is 19.2. The van der Waals surface area contributed by atoms with Crippen molar-refractivity contribution in [3.63, 3.8) is 0 Å². The van der Waals surface area contributed by atoms with Crippen molar-refractivity contribution in [1.82, 2.24) is 10.1 Å². The summed E-state index contributed by atoms with van der Waals surface area (Å²) in [5.41, 5.74) is 1.97. The maximum atomic E-state index is 12.1. The van der Waals surface area contributed by atoms with E-state index in [-0.39, 0.29) is 17.9 Å². The number of nitrogens with one attached hydrogen (secondary N) is 2. The molecule has 160 valence electrons. The van der Waals surface area contributed by atoms with Crippen LogP contribution in [0.3, 0.4) is 0 Å². The van der Waals surface area contributed by atoms with Gasteiger partial charge >= 0.3 is 12.0 Å². The smallest absolute Gasteiger partial charge is 0.323 e. The third kappa shape index (κ3) is 5.21. The van der Waals surface area contributed by atoms with E-state index in [4.69, 9.17) is 21.2 Å². The fourth-order valence-electron chi connectivity index (χ4n) is 3.67. The van der Waals surface area contributed by atoms with E-state index in [1.54, 1.807) is 48.5 Å². The standard InChI is InChI=1S/C22H21ClN4O4/c23-16-2-1-3-18(12-16)25-22(30)24-17-10-8-13(9-11-17)19-26-20(31-27-19)14-4-6-15(7-5-14)21(28)29/h1-3,8-12,14-15H,4-7H2,(H,28,29)(H2,24,25,30)/t14-,15-. The molecule has 31 heavy (non-hydrogen) atoms. The molecule has 2 aromatic carbocycles. The molecule has 1 heterocycles. The summed E-state index contributed by atoms with van der Waals surface area (Å²) >= 11 is 5.92. The number of carbonyl (C=O) groups excluding carboxylic acids is 1. The largest absolute Gasteiger partial charge is 0.481 e. The second kappa shape index (κ2) is 9.18. The number of carboxylic acid groups (broad SMARTS) is 1. The second-order valence-electron chi connectivity index (χ2n) is 7.51. The Morgan fingerprint density at radius 1 is 1.00 bits per heavy atom. The lowest BCUT2D eigenvalue weighted by atomic mass is 9.82. The van der Waals surface area contributed by atoms with Crippen LogP contribution in [0.4, 0.5) is 16.2 Å². The van der Waals surface area contributed by atoms with Crippen LogP contribution in [-0.4, -0.2) is 27.2 Å². The molecule has 9 heteroatoms. The molecule has 4 rings (SSSR count). The zero-order valence-corrected chi connectivity index (χ0v) is 17.3. The Bertz CT molecular complexity index is 1080. The topological polar surface area (TPSA) is 117 Å². The number of nitrogens with zero attached hydrogens (tertiary/aromatic N) is 2. The van der Waals surface area contributed by atoms with E-state index in [1.165, 1.54) is 0 Å². The number of carbonyl (C=O) groups is 2. The molecule has 0 bridgehead atoms. The van der Waals surface area contributed by atoms with Crippen molar-refractivity contribution in [1.29, 1.82) is 0 Å².